The average Bonchev–Trinajstić information content (AvgIpc) is 3.01. The van der Waals surface area contributed by atoms with Crippen molar-refractivity contribution in [2.24, 2.45) is 0 Å². The van der Waals surface area contributed by atoms with Crippen LogP contribution in [-0.2, 0) is 9.59 Å². The molecule has 1 heterocycles. The molecule has 0 aromatic heterocycles. The van der Waals surface area contributed by atoms with Gasteiger partial charge < -0.3 is 20.9 Å². The lowest BCUT2D eigenvalue weighted by Crippen LogP contribution is -2.49. The summed E-state index contributed by atoms with van der Waals surface area (Å²) < 4.78 is 0. The molecule has 1 aliphatic heterocycles. The summed E-state index contributed by atoms with van der Waals surface area (Å²) in [6, 6.07) is 15.1. The lowest BCUT2D eigenvalue weighted by Gasteiger charge is -2.35. The molecule has 1 spiro atoms. The van der Waals surface area contributed by atoms with Crippen LogP contribution in [0.1, 0.15) is 50.6 Å². The molecule has 0 radical (unpaired) electrons. The molecule has 184 valence electrons. The highest BCUT2D eigenvalue weighted by Crippen LogP contribution is 2.39. The number of likely N-dealkylation sites (N-methyl/N-ethyl adjacent to an activating group) is 1. The van der Waals surface area contributed by atoms with Crippen LogP contribution in [-0.4, -0.2) is 52.8 Å². The van der Waals surface area contributed by atoms with E-state index >= 15 is 0 Å². The number of para-hydroxylation sites is 1. The molecule has 2 aromatic rings. The van der Waals surface area contributed by atoms with E-state index in [1.807, 2.05) is 25.1 Å². The van der Waals surface area contributed by atoms with E-state index in [1.54, 1.807) is 43.4 Å². The summed E-state index contributed by atoms with van der Waals surface area (Å²) in [6.07, 6.45) is 4.15. The van der Waals surface area contributed by atoms with Crippen LogP contribution in [0.2, 0.25) is 0 Å². The molecule has 1 unspecified atom stereocenters. The van der Waals surface area contributed by atoms with Crippen LogP contribution in [0, 0.1) is 0 Å². The van der Waals surface area contributed by atoms with Crippen LogP contribution in [0.15, 0.2) is 54.6 Å². The Hall–Kier alpha value is -3.88. The topological polar surface area (TPSA) is 111 Å². The predicted molar refractivity (Wildman–Crippen MR) is 133 cm³/mol. The Kier molecular flexibility index (Phi) is 7.04. The number of amides is 6. The van der Waals surface area contributed by atoms with Gasteiger partial charge in [-0.25, -0.2) is 9.59 Å². The van der Waals surface area contributed by atoms with Gasteiger partial charge in [0.15, 0.2) is 0 Å². The number of imide groups is 1. The summed E-state index contributed by atoms with van der Waals surface area (Å²) in [5, 5.41) is 8.37. The lowest BCUT2D eigenvalue weighted by atomic mass is 9.81. The Morgan fingerprint density at radius 2 is 1.51 bits per heavy atom. The van der Waals surface area contributed by atoms with Crippen molar-refractivity contribution < 1.29 is 19.2 Å². The normalized spacial score (nSPS) is 17.9. The van der Waals surface area contributed by atoms with E-state index in [1.165, 1.54) is 4.90 Å². The minimum Gasteiger partial charge on any atom is -0.348 e. The van der Waals surface area contributed by atoms with Crippen LogP contribution in [0.3, 0.4) is 0 Å². The Labute approximate surface area is 204 Å². The number of urea groups is 2. The Bertz CT molecular complexity index is 1100. The highest BCUT2D eigenvalue weighted by molar-refractivity contribution is 6.09. The number of rotatable bonds is 6. The largest absolute Gasteiger partial charge is 0.348 e. The van der Waals surface area contributed by atoms with Crippen LogP contribution in [0.5, 0.6) is 0 Å². The second-order valence-corrected chi connectivity index (χ2v) is 9.18. The molecule has 2 aliphatic rings. The van der Waals surface area contributed by atoms with Crippen LogP contribution < -0.4 is 16.0 Å². The van der Waals surface area contributed by atoms with Crippen molar-refractivity contribution in [3.05, 3.63) is 60.2 Å². The van der Waals surface area contributed by atoms with Gasteiger partial charge in [0, 0.05) is 18.4 Å². The third-order valence-electron chi connectivity index (χ3n) is 6.86. The highest BCUT2D eigenvalue weighted by Gasteiger charge is 2.55. The van der Waals surface area contributed by atoms with Crippen LogP contribution in [0.4, 0.5) is 21.0 Å². The molecule has 1 aliphatic carbocycles. The monoisotopic (exact) mass is 477 g/mol. The van der Waals surface area contributed by atoms with Crippen molar-refractivity contribution >= 4 is 35.3 Å². The number of hydrogen-bond donors (Lipinski definition) is 3. The number of benzene rings is 2. The first-order valence-corrected chi connectivity index (χ1v) is 11.9. The van der Waals surface area contributed by atoms with Gasteiger partial charge in [-0.15, -0.1) is 0 Å². The second kappa shape index (κ2) is 10.2. The molecule has 6 amide bonds. The number of carbonyl (C=O) groups is 4. The van der Waals surface area contributed by atoms with E-state index in [0.29, 0.717) is 24.2 Å². The lowest BCUT2D eigenvalue weighted by molar-refractivity contribution is -0.137. The fourth-order valence-corrected chi connectivity index (χ4v) is 4.86. The smallest absolute Gasteiger partial charge is 0.327 e. The third kappa shape index (κ3) is 5.13. The highest BCUT2D eigenvalue weighted by atomic mass is 16.2. The van der Waals surface area contributed by atoms with E-state index in [0.717, 1.165) is 29.7 Å². The van der Waals surface area contributed by atoms with Crippen molar-refractivity contribution in [1.29, 1.82) is 0 Å². The molecule has 2 aromatic carbocycles. The number of nitrogens with one attached hydrogen (secondary N) is 3. The molecule has 9 nitrogen and oxygen atoms in total. The summed E-state index contributed by atoms with van der Waals surface area (Å²) >= 11 is 0. The van der Waals surface area contributed by atoms with E-state index in [-0.39, 0.29) is 24.5 Å². The first-order chi connectivity index (χ1) is 16.8. The minimum atomic E-state index is -0.795. The maximum absolute atomic E-state index is 13.1. The standard InChI is InChI=1S/C26H31N5O4/c1-18(19-11-13-21(14-12-19)29-24(34)28-20-9-5-3-6-10-20)27-22(32)17-31-23(33)26(30(2)25(31)35)15-7-4-8-16-26/h3,5-6,9-14,18H,4,7-8,15-17H2,1-2H3,(H,27,32)(H2,28,29,34). The van der Waals surface area contributed by atoms with Gasteiger partial charge in [-0.3, -0.25) is 14.5 Å². The van der Waals surface area contributed by atoms with Gasteiger partial charge in [0.05, 0.1) is 6.04 Å². The summed E-state index contributed by atoms with van der Waals surface area (Å²) in [4.78, 5) is 53.3. The summed E-state index contributed by atoms with van der Waals surface area (Å²) in [6.45, 7) is 1.53. The molecule has 35 heavy (non-hydrogen) atoms. The molecule has 1 atom stereocenters. The van der Waals surface area contributed by atoms with Gasteiger partial charge in [-0.1, -0.05) is 49.6 Å². The fraction of sp³-hybridized carbons (Fsp3) is 0.385. The van der Waals surface area contributed by atoms with Gasteiger partial charge >= 0.3 is 12.1 Å². The molecule has 0 bridgehead atoms. The van der Waals surface area contributed by atoms with Gasteiger partial charge in [0.1, 0.15) is 12.1 Å². The van der Waals surface area contributed by atoms with Crippen LogP contribution in [0.25, 0.3) is 0 Å². The molecule has 1 saturated heterocycles. The fourth-order valence-electron chi connectivity index (χ4n) is 4.86. The Morgan fingerprint density at radius 1 is 0.914 bits per heavy atom. The van der Waals surface area contributed by atoms with E-state index < -0.39 is 17.5 Å². The predicted octanol–water partition coefficient (Wildman–Crippen LogP) is 4.10. The summed E-state index contributed by atoms with van der Waals surface area (Å²) in [5.41, 5.74) is 1.33. The van der Waals surface area contributed by atoms with Crippen molar-refractivity contribution in [2.45, 2.75) is 50.6 Å². The van der Waals surface area contributed by atoms with Crippen LogP contribution >= 0.6 is 0 Å². The summed E-state index contributed by atoms with van der Waals surface area (Å²) in [7, 11) is 1.65. The molecule has 2 fully saturated rings. The first kappa shape index (κ1) is 24.3. The number of anilines is 2. The molecule has 4 rings (SSSR count). The maximum atomic E-state index is 13.1. The molecule has 3 N–H and O–H groups in total. The zero-order valence-corrected chi connectivity index (χ0v) is 20.0. The van der Waals surface area contributed by atoms with Crippen molar-refractivity contribution in [2.75, 3.05) is 24.2 Å². The molecular weight excluding hydrogens is 446 g/mol. The third-order valence-corrected chi connectivity index (χ3v) is 6.86. The van der Waals surface area contributed by atoms with Gasteiger partial charge in [0.25, 0.3) is 5.91 Å². The van der Waals surface area contributed by atoms with Crippen molar-refractivity contribution in [3.8, 4) is 0 Å². The number of nitrogens with zero attached hydrogens (tertiary/aromatic N) is 2. The second-order valence-electron chi connectivity index (χ2n) is 9.18. The van der Waals surface area contributed by atoms with E-state index in [4.69, 9.17) is 0 Å². The number of carbonyl (C=O) groups excluding carboxylic acids is 4. The zero-order chi connectivity index (χ0) is 25.0. The molecule has 9 heteroatoms. The van der Waals surface area contributed by atoms with Crippen molar-refractivity contribution in [1.82, 2.24) is 15.1 Å². The molecular formula is C26H31N5O4. The van der Waals surface area contributed by atoms with E-state index in [9.17, 15) is 19.2 Å². The Morgan fingerprint density at radius 3 is 2.14 bits per heavy atom. The summed E-state index contributed by atoms with van der Waals surface area (Å²) in [5.74, 6) is -0.665. The SMILES string of the molecule is CC(NC(=O)CN1C(=O)N(C)C2(CCCCC2)C1=O)c1ccc(NC(=O)Nc2ccccc2)cc1. The Balaban J connectivity index is 1.31. The number of hydrogen-bond acceptors (Lipinski definition) is 4. The first-order valence-electron chi connectivity index (χ1n) is 11.9. The zero-order valence-electron chi connectivity index (χ0n) is 20.0. The van der Waals surface area contributed by atoms with E-state index in [2.05, 4.69) is 16.0 Å². The minimum absolute atomic E-state index is 0.267. The maximum Gasteiger partial charge on any atom is 0.327 e. The quantitative estimate of drug-likeness (QED) is 0.544. The van der Waals surface area contributed by atoms with Crippen molar-refractivity contribution in [3.63, 3.8) is 0 Å². The van der Waals surface area contributed by atoms with Gasteiger partial charge in [-0.05, 0) is 49.6 Å². The average molecular weight is 478 g/mol. The molecule has 1 saturated carbocycles. The van der Waals surface area contributed by atoms with Gasteiger partial charge in [-0.2, -0.15) is 0 Å². The van der Waals surface area contributed by atoms with Gasteiger partial charge in [0.2, 0.25) is 5.91 Å².